The van der Waals surface area contributed by atoms with E-state index in [9.17, 15) is 9.59 Å². The largest absolute Gasteiger partial charge is 0.469 e. The van der Waals surface area contributed by atoms with Crippen LogP contribution in [0.1, 0.15) is 48.0 Å². The maximum absolute atomic E-state index is 11.3. The van der Waals surface area contributed by atoms with E-state index in [0.29, 0.717) is 25.0 Å². The van der Waals surface area contributed by atoms with Gasteiger partial charge in [-0.05, 0) is 19.3 Å². The summed E-state index contributed by atoms with van der Waals surface area (Å²) in [6.07, 6.45) is 1.79. The molecule has 1 unspecified atom stereocenters. The molecule has 0 aliphatic heterocycles. The number of ether oxygens (including phenoxy) is 2. The molecule has 18 heavy (non-hydrogen) atoms. The zero-order chi connectivity index (χ0) is 12.6. The maximum atomic E-state index is 11.3. The third-order valence-corrected chi connectivity index (χ3v) is 2.21. The molecule has 0 aliphatic rings. The van der Waals surface area contributed by atoms with Crippen LogP contribution in [-0.2, 0) is 19.1 Å². The second-order valence-electron chi connectivity index (χ2n) is 3.70. The van der Waals surface area contributed by atoms with Crippen LogP contribution < -0.4 is 0 Å². The third-order valence-electron chi connectivity index (χ3n) is 2.21. The predicted molar refractivity (Wildman–Crippen MR) is 74.3 cm³/mol. The fourth-order valence-corrected chi connectivity index (χ4v) is 1.11. The number of carbonyl (C=O) groups is 2. The summed E-state index contributed by atoms with van der Waals surface area (Å²) in [5.41, 5.74) is 0.407. The van der Waals surface area contributed by atoms with Gasteiger partial charge in [-0.25, -0.2) is 4.79 Å². The van der Waals surface area contributed by atoms with E-state index in [1.54, 1.807) is 6.92 Å². The molecule has 0 aromatic rings. The molecular weight excluding hydrogens is 232 g/mol. The van der Waals surface area contributed by atoms with Crippen LogP contribution in [0.4, 0.5) is 0 Å². The van der Waals surface area contributed by atoms with Gasteiger partial charge < -0.3 is 9.47 Å². The molecule has 0 aromatic heterocycles. The number of hydrogen-bond donors (Lipinski definition) is 0. The van der Waals surface area contributed by atoms with E-state index in [1.165, 1.54) is 7.11 Å². The molecule has 0 amide bonds. The Hall–Kier alpha value is -1.32. The maximum Gasteiger partial charge on any atom is 0.333 e. The van der Waals surface area contributed by atoms with E-state index in [-0.39, 0.29) is 32.7 Å². The van der Waals surface area contributed by atoms with Crippen LogP contribution in [0.5, 0.6) is 0 Å². The standard InChI is InChI=1S/C12H20O4.2CH4/c1-5-8-16-12(14)10(3)7-6-9(2)11(13)15-4;;/h9H,3,5-8H2,1-2,4H3;2*1H4. The molecule has 1 atom stereocenters. The molecule has 0 bridgehead atoms. The van der Waals surface area contributed by atoms with Crippen LogP contribution in [0.3, 0.4) is 0 Å². The minimum absolute atomic E-state index is 0. The van der Waals surface area contributed by atoms with E-state index < -0.39 is 0 Å². The highest BCUT2D eigenvalue weighted by atomic mass is 16.5. The summed E-state index contributed by atoms with van der Waals surface area (Å²) < 4.78 is 9.50. The monoisotopic (exact) mass is 260 g/mol. The van der Waals surface area contributed by atoms with Gasteiger partial charge in [0.05, 0.1) is 19.6 Å². The summed E-state index contributed by atoms with van der Waals surface area (Å²) in [4.78, 5) is 22.4. The van der Waals surface area contributed by atoms with Crippen molar-refractivity contribution in [3.63, 3.8) is 0 Å². The molecule has 0 saturated carbocycles. The molecule has 0 saturated heterocycles. The predicted octanol–water partition coefficient (Wildman–Crippen LogP) is 3.36. The van der Waals surface area contributed by atoms with E-state index in [2.05, 4.69) is 11.3 Å². The lowest BCUT2D eigenvalue weighted by atomic mass is 10.0. The van der Waals surface area contributed by atoms with Crippen molar-refractivity contribution in [3.8, 4) is 0 Å². The number of rotatable bonds is 7. The lowest BCUT2D eigenvalue weighted by Crippen LogP contribution is -2.14. The SMILES string of the molecule is C.C.C=C(CCC(C)C(=O)OC)C(=O)OCCC. The highest BCUT2D eigenvalue weighted by Gasteiger charge is 2.15. The summed E-state index contributed by atoms with van der Waals surface area (Å²) in [6, 6.07) is 0. The minimum Gasteiger partial charge on any atom is -0.469 e. The molecule has 0 spiro atoms. The normalized spacial score (nSPS) is 10.4. The number of carbonyl (C=O) groups excluding carboxylic acids is 2. The first-order valence-corrected chi connectivity index (χ1v) is 5.45. The van der Waals surface area contributed by atoms with E-state index >= 15 is 0 Å². The topological polar surface area (TPSA) is 52.6 Å². The van der Waals surface area contributed by atoms with Crippen molar-refractivity contribution in [1.29, 1.82) is 0 Å². The molecule has 0 aromatic carbocycles. The van der Waals surface area contributed by atoms with E-state index in [1.807, 2.05) is 6.92 Å². The first kappa shape index (κ1) is 21.9. The zero-order valence-corrected chi connectivity index (χ0v) is 10.2. The van der Waals surface area contributed by atoms with Crippen LogP contribution >= 0.6 is 0 Å². The Morgan fingerprint density at radius 3 is 2.28 bits per heavy atom. The van der Waals surface area contributed by atoms with Gasteiger partial charge in [-0.3, -0.25) is 4.79 Å². The van der Waals surface area contributed by atoms with Gasteiger partial charge in [0.25, 0.3) is 0 Å². The van der Waals surface area contributed by atoms with Gasteiger partial charge in [-0.15, -0.1) is 0 Å². The second kappa shape index (κ2) is 12.1. The zero-order valence-electron chi connectivity index (χ0n) is 10.2. The van der Waals surface area contributed by atoms with Crippen molar-refractivity contribution < 1.29 is 19.1 Å². The Labute approximate surface area is 111 Å². The molecule has 0 N–H and O–H groups in total. The van der Waals surface area contributed by atoms with Gasteiger partial charge >= 0.3 is 11.9 Å². The average Bonchev–Trinajstić information content (AvgIpc) is 2.31. The molecule has 4 heteroatoms. The van der Waals surface area contributed by atoms with Crippen molar-refractivity contribution in [2.24, 2.45) is 5.92 Å². The summed E-state index contributed by atoms with van der Waals surface area (Å²) >= 11 is 0. The quantitative estimate of drug-likeness (QED) is 0.520. The fraction of sp³-hybridized carbons (Fsp3) is 0.714. The summed E-state index contributed by atoms with van der Waals surface area (Å²) in [7, 11) is 1.35. The van der Waals surface area contributed by atoms with Crippen LogP contribution in [-0.4, -0.2) is 25.7 Å². The van der Waals surface area contributed by atoms with Crippen molar-refractivity contribution >= 4 is 11.9 Å². The highest BCUT2D eigenvalue weighted by Crippen LogP contribution is 2.13. The van der Waals surface area contributed by atoms with Gasteiger partial charge in [0.2, 0.25) is 0 Å². The first-order chi connectivity index (χ1) is 7.52. The van der Waals surface area contributed by atoms with Crippen LogP contribution in [0.15, 0.2) is 12.2 Å². The summed E-state index contributed by atoms with van der Waals surface area (Å²) in [6.45, 7) is 7.73. The summed E-state index contributed by atoms with van der Waals surface area (Å²) in [5, 5.41) is 0. The molecule has 0 fully saturated rings. The summed E-state index contributed by atoms with van der Waals surface area (Å²) in [5.74, 6) is -0.866. The molecule has 0 rings (SSSR count). The Morgan fingerprint density at radius 2 is 1.83 bits per heavy atom. The Bertz CT molecular complexity index is 259. The molecule has 4 nitrogen and oxygen atoms in total. The van der Waals surface area contributed by atoms with Gasteiger partial charge in [0.1, 0.15) is 0 Å². The van der Waals surface area contributed by atoms with Gasteiger partial charge in [0, 0.05) is 5.57 Å². The average molecular weight is 260 g/mol. The van der Waals surface area contributed by atoms with Gasteiger partial charge in [0.15, 0.2) is 0 Å². The lowest BCUT2D eigenvalue weighted by Gasteiger charge is -2.10. The molecule has 0 aliphatic carbocycles. The van der Waals surface area contributed by atoms with Crippen LogP contribution in [0.25, 0.3) is 0 Å². The molecule has 0 radical (unpaired) electrons. The van der Waals surface area contributed by atoms with Crippen molar-refractivity contribution in [1.82, 2.24) is 0 Å². The Balaban J connectivity index is -0.00000112. The number of methoxy groups -OCH3 is 1. The van der Waals surface area contributed by atoms with Crippen molar-refractivity contribution in [2.45, 2.75) is 48.0 Å². The number of hydrogen-bond acceptors (Lipinski definition) is 4. The smallest absolute Gasteiger partial charge is 0.333 e. The fourth-order valence-electron chi connectivity index (χ4n) is 1.11. The number of esters is 2. The molecule has 0 heterocycles. The Kier molecular flexibility index (Phi) is 14.8. The van der Waals surface area contributed by atoms with Crippen molar-refractivity contribution in [3.05, 3.63) is 12.2 Å². The highest BCUT2D eigenvalue weighted by molar-refractivity contribution is 5.87. The van der Waals surface area contributed by atoms with Gasteiger partial charge in [-0.1, -0.05) is 35.3 Å². The van der Waals surface area contributed by atoms with E-state index in [4.69, 9.17) is 4.74 Å². The molecule has 108 valence electrons. The second-order valence-corrected chi connectivity index (χ2v) is 3.70. The van der Waals surface area contributed by atoms with Crippen LogP contribution in [0.2, 0.25) is 0 Å². The lowest BCUT2D eigenvalue weighted by molar-refractivity contribution is -0.145. The van der Waals surface area contributed by atoms with Crippen LogP contribution in [0, 0.1) is 5.92 Å². The minimum atomic E-state index is -0.376. The van der Waals surface area contributed by atoms with Crippen molar-refractivity contribution in [2.75, 3.05) is 13.7 Å². The third kappa shape index (κ3) is 8.79. The Morgan fingerprint density at radius 1 is 1.28 bits per heavy atom. The molecular formula is C14H28O4. The first-order valence-electron chi connectivity index (χ1n) is 5.45. The van der Waals surface area contributed by atoms with Gasteiger partial charge in [-0.2, -0.15) is 0 Å². The van der Waals surface area contributed by atoms with E-state index in [0.717, 1.165) is 6.42 Å².